The Labute approximate surface area is 122 Å². The van der Waals surface area contributed by atoms with Crippen LogP contribution in [0.25, 0.3) is 0 Å². The first-order valence-corrected chi connectivity index (χ1v) is 7.47. The van der Waals surface area contributed by atoms with Crippen molar-refractivity contribution >= 4 is 22.9 Å². The lowest BCUT2D eigenvalue weighted by Crippen LogP contribution is -2.13. The minimum Gasteiger partial charge on any atom is -0.486 e. The van der Waals surface area contributed by atoms with Crippen molar-refractivity contribution in [1.82, 2.24) is 10.3 Å². The van der Waals surface area contributed by atoms with Crippen LogP contribution in [0, 0.1) is 6.92 Å². The number of nitrogens with one attached hydrogen (secondary N) is 1. The molecule has 2 rings (SSSR count). The average molecular weight is 297 g/mol. The molecule has 0 saturated heterocycles. The molecule has 0 radical (unpaired) electrons. The Balaban J connectivity index is 2.05. The second-order valence-corrected chi connectivity index (χ2v) is 5.58. The highest BCUT2D eigenvalue weighted by atomic mass is 35.5. The first kappa shape index (κ1) is 14.3. The number of aromatic nitrogens is 1. The first-order chi connectivity index (χ1) is 9.19. The van der Waals surface area contributed by atoms with Crippen LogP contribution in [-0.2, 0) is 13.2 Å². The van der Waals surface area contributed by atoms with E-state index in [1.807, 2.05) is 30.5 Å². The molecule has 0 unspecified atom stereocenters. The lowest BCUT2D eigenvalue weighted by molar-refractivity contribution is 0.301. The summed E-state index contributed by atoms with van der Waals surface area (Å²) in [5.74, 6) is 0.859. The van der Waals surface area contributed by atoms with Crippen molar-refractivity contribution in [2.45, 2.75) is 27.0 Å². The molecule has 1 heterocycles. The van der Waals surface area contributed by atoms with E-state index in [1.165, 1.54) is 0 Å². The predicted molar refractivity (Wildman–Crippen MR) is 80.0 cm³/mol. The molecule has 0 aliphatic rings. The molecular formula is C14H17ClN2OS. The van der Waals surface area contributed by atoms with E-state index in [0.717, 1.165) is 40.1 Å². The van der Waals surface area contributed by atoms with Crippen molar-refractivity contribution in [1.29, 1.82) is 0 Å². The van der Waals surface area contributed by atoms with Gasteiger partial charge in [0.1, 0.15) is 17.4 Å². The zero-order valence-electron chi connectivity index (χ0n) is 11.1. The number of rotatable bonds is 6. The summed E-state index contributed by atoms with van der Waals surface area (Å²) in [7, 11) is 0. The highest BCUT2D eigenvalue weighted by molar-refractivity contribution is 7.09. The number of thiazole rings is 1. The Kier molecular flexibility index (Phi) is 5.19. The summed E-state index contributed by atoms with van der Waals surface area (Å²) in [4.78, 5) is 4.39. The molecule has 0 saturated carbocycles. The van der Waals surface area contributed by atoms with Gasteiger partial charge in [0.15, 0.2) is 0 Å². The quantitative estimate of drug-likeness (QED) is 0.880. The van der Waals surface area contributed by atoms with Crippen molar-refractivity contribution < 1.29 is 4.74 Å². The highest BCUT2D eigenvalue weighted by Crippen LogP contribution is 2.24. The van der Waals surface area contributed by atoms with E-state index in [4.69, 9.17) is 16.3 Å². The maximum atomic E-state index is 6.02. The zero-order chi connectivity index (χ0) is 13.7. The summed E-state index contributed by atoms with van der Waals surface area (Å²) < 4.78 is 5.84. The third-order valence-corrected chi connectivity index (χ3v) is 3.78. The van der Waals surface area contributed by atoms with Crippen LogP contribution in [0.1, 0.15) is 23.2 Å². The summed E-state index contributed by atoms with van der Waals surface area (Å²) in [6.45, 7) is 6.22. The third-order valence-electron chi connectivity index (χ3n) is 2.61. The molecule has 5 heteroatoms. The van der Waals surface area contributed by atoms with Gasteiger partial charge < -0.3 is 10.1 Å². The van der Waals surface area contributed by atoms with E-state index >= 15 is 0 Å². The number of aryl methyl sites for hydroxylation is 1. The average Bonchev–Trinajstić information content (AvgIpc) is 2.81. The van der Waals surface area contributed by atoms with Crippen LogP contribution < -0.4 is 10.1 Å². The lowest BCUT2D eigenvalue weighted by Gasteiger charge is -2.11. The maximum Gasteiger partial charge on any atom is 0.140 e. The summed E-state index contributed by atoms with van der Waals surface area (Å²) in [5.41, 5.74) is 2.11. The second kappa shape index (κ2) is 6.89. The summed E-state index contributed by atoms with van der Waals surface area (Å²) in [5, 5.41) is 7.03. The van der Waals surface area contributed by atoms with Crippen molar-refractivity contribution in [2.75, 3.05) is 6.54 Å². The number of benzene rings is 1. The largest absolute Gasteiger partial charge is 0.486 e. The topological polar surface area (TPSA) is 34.1 Å². The van der Waals surface area contributed by atoms with Gasteiger partial charge in [-0.3, -0.25) is 0 Å². The lowest BCUT2D eigenvalue weighted by atomic mass is 10.2. The molecule has 1 N–H and O–H groups in total. The van der Waals surface area contributed by atoms with E-state index in [1.54, 1.807) is 11.3 Å². The molecule has 102 valence electrons. The van der Waals surface area contributed by atoms with Gasteiger partial charge in [0, 0.05) is 28.2 Å². The first-order valence-electron chi connectivity index (χ1n) is 6.22. The highest BCUT2D eigenvalue weighted by Gasteiger charge is 2.06. The monoisotopic (exact) mass is 296 g/mol. The van der Waals surface area contributed by atoms with Crippen molar-refractivity contribution in [3.8, 4) is 5.75 Å². The van der Waals surface area contributed by atoms with Gasteiger partial charge in [0.05, 0.1) is 0 Å². The third kappa shape index (κ3) is 4.20. The number of ether oxygens (including phenoxy) is 1. The van der Waals surface area contributed by atoms with Gasteiger partial charge >= 0.3 is 0 Å². The van der Waals surface area contributed by atoms with Gasteiger partial charge in [0.2, 0.25) is 0 Å². The second-order valence-electron chi connectivity index (χ2n) is 4.20. The number of hydrogen-bond acceptors (Lipinski definition) is 4. The molecule has 2 aromatic rings. The van der Waals surface area contributed by atoms with Crippen LogP contribution in [-0.4, -0.2) is 11.5 Å². The molecule has 1 aromatic carbocycles. The van der Waals surface area contributed by atoms with Crippen LogP contribution >= 0.6 is 22.9 Å². The molecule has 0 bridgehead atoms. The minimum absolute atomic E-state index is 0.499. The molecule has 3 nitrogen and oxygen atoms in total. The summed E-state index contributed by atoms with van der Waals surface area (Å²) in [6, 6.07) is 5.70. The molecular weight excluding hydrogens is 280 g/mol. The zero-order valence-corrected chi connectivity index (χ0v) is 12.6. The summed E-state index contributed by atoms with van der Waals surface area (Å²) in [6.07, 6.45) is 0. The van der Waals surface area contributed by atoms with Crippen molar-refractivity contribution in [2.24, 2.45) is 0 Å². The normalized spacial score (nSPS) is 10.7. The Morgan fingerprint density at radius 1 is 1.42 bits per heavy atom. The van der Waals surface area contributed by atoms with Crippen molar-refractivity contribution in [3.05, 3.63) is 44.9 Å². The standard InChI is InChI=1S/C14H17ClN2OS/c1-3-16-7-11-6-12(15)4-5-13(11)18-8-14-17-10(2)9-19-14/h4-6,9,16H,3,7-8H2,1-2H3. The van der Waals surface area contributed by atoms with E-state index in [-0.39, 0.29) is 0 Å². The Bertz CT molecular complexity index is 542. The van der Waals surface area contributed by atoms with Gasteiger partial charge in [-0.05, 0) is 31.7 Å². The van der Waals surface area contributed by atoms with Gasteiger partial charge in [-0.15, -0.1) is 11.3 Å². The molecule has 0 spiro atoms. The number of hydrogen-bond donors (Lipinski definition) is 1. The van der Waals surface area contributed by atoms with Crippen LogP contribution in [0.3, 0.4) is 0 Å². The van der Waals surface area contributed by atoms with E-state index < -0.39 is 0 Å². The van der Waals surface area contributed by atoms with Crippen LogP contribution in [0.2, 0.25) is 5.02 Å². The Morgan fingerprint density at radius 2 is 2.26 bits per heavy atom. The van der Waals surface area contributed by atoms with Crippen LogP contribution in [0.5, 0.6) is 5.75 Å². The van der Waals surface area contributed by atoms with Crippen LogP contribution in [0.15, 0.2) is 23.6 Å². The molecule has 19 heavy (non-hydrogen) atoms. The fourth-order valence-electron chi connectivity index (χ4n) is 1.70. The van der Waals surface area contributed by atoms with Gasteiger partial charge in [-0.1, -0.05) is 18.5 Å². The number of nitrogens with zero attached hydrogens (tertiary/aromatic N) is 1. The molecule has 0 atom stereocenters. The van der Waals surface area contributed by atoms with Crippen LogP contribution in [0.4, 0.5) is 0 Å². The maximum absolute atomic E-state index is 6.02. The number of halogens is 1. The van der Waals surface area contributed by atoms with Gasteiger partial charge in [-0.25, -0.2) is 4.98 Å². The minimum atomic E-state index is 0.499. The SMILES string of the molecule is CCNCc1cc(Cl)ccc1OCc1nc(C)cs1. The van der Waals surface area contributed by atoms with E-state index in [2.05, 4.69) is 17.2 Å². The summed E-state index contributed by atoms with van der Waals surface area (Å²) >= 11 is 7.64. The fraction of sp³-hybridized carbons (Fsp3) is 0.357. The Hall–Kier alpha value is -1.10. The molecule has 0 amide bonds. The molecule has 0 aliphatic heterocycles. The molecule has 1 aromatic heterocycles. The molecule has 0 aliphatic carbocycles. The smallest absolute Gasteiger partial charge is 0.140 e. The van der Waals surface area contributed by atoms with E-state index in [0.29, 0.717) is 6.61 Å². The molecule has 0 fully saturated rings. The van der Waals surface area contributed by atoms with Crippen molar-refractivity contribution in [3.63, 3.8) is 0 Å². The Morgan fingerprint density at radius 3 is 2.95 bits per heavy atom. The van der Waals surface area contributed by atoms with Gasteiger partial charge in [0.25, 0.3) is 0 Å². The predicted octanol–water partition coefficient (Wildman–Crippen LogP) is 3.79. The fourth-order valence-corrected chi connectivity index (χ4v) is 2.57. The van der Waals surface area contributed by atoms with E-state index in [9.17, 15) is 0 Å². The van der Waals surface area contributed by atoms with Gasteiger partial charge in [-0.2, -0.15) is 0 Å².